The second kappa shape index (κ2) is 7.36. The van der Waals surface area contributed by atoms with Crippen molar-refractivity contribution in [1.29, 1.82) is 0 Å². The number of aromatic nitrogens is 3. The fourth-order valence-corrected chi connectivity index (χ4v) is 3.09. The number of aryl methyl sites for hydroxylation is 1. The van der Waals surface area contributed by atoms with Crippen LogP contribution in [0, 0.1) is 6.92 Å². The van der Waals surface area contributed by atoms with E-state index in [1.165, 1.54) is 6.20 Å². The Kier molecular flexibility index (Phi) is 4.40. The van der Waals surface area contributed by atoms with Gasteiger partial charge in [-0.25, -0.2) is 9.97 Å². The number of rotatable bonds is 4. The molecule has 0 bridgehead atoms. The number of hydrogen-bond donors (Lipinski definition) is 2. The van der Waals surface area contributed by atoms with Gasteiger partial charge in [0.2, 0.25) is 5.95 Å². The molecule has 1 aliphatic heterocycles. The summed E-state index contributed by atoms with van der Waals surface area (Å²) < 4.78 is 16.6. The van der Waals surface area contributed by atoms with Gasteiger partial charge in [0.25, 0.3) is 5.91 Å². The van der Waals surface area contributed by atoms with Gasteiger partial charge >= 0.3 is 6.01 Å². The van der Waals surface area contributed by atoms with E-state index in [4.69, 9.17) is 13.9 Å². The monoisotopic (exact) mass is 403 g/mol. The van der Waals surface area contributed by atoms with Gasteiger partial charge in [-0.05, 0) is 31.2 Å². The number of carbonyl (C=O) groups is 1. The maximum absolute atomic E-state index is 12.7. The zero-order valence-electron chi connectivity index (χ0n) is 16.0. The number of ether oxygens (including phenoxy) is 2. The molecule has 0 fully saturated rings. The molecule has 0 saturated heterocycles. The van der Waals surface area contributed by atoms with E-state index >= 15 is 0 Å². The highest BCUT2D eigenvalue weighted by Crippen LogP contribution is 2.32. The van der Waals surface area contributed by atoms with Crippen LogP contribution in [0.2, 0.25) is 0 Å². The average Bonchev–Trinajstić information content (AvgIpc) is 3.16. The Hall–Kier alpha value is -4.14. The first-order valence-electron chi connectivity index (χ1n) is 9.33. The maximum atomic E-state index is 12.7. The van der Waals surface area contributed by atoms with E-state index in [9.17, 15) is 4.79 Å². The number of fused-ring (bicyclic) bond motifs is 2. The van der Waals surface area contributed by atoms with Crippen LogP contribution in [0.4, 0.5) is 17.7 Å². The summed E-state index contributed by atoms with van der Waals surface area (Å²) in [7, 11) is 0. The molecule has 2 N–H and O–H groups in total. The second-order valence-corrected chi connectivity index (χ2v) is 6.62. The van der Waals surface area contributed by atoms with E-state index in [1.807, 2.05) is 24.3 Å². The molecule has 9 nitrogen and oxygen atoms in total. The molecule has 30 heavy (non-hydrogen) atoms. The molecule has 150 valence electrons. The Morgan fingerprint density at radius 2 is 1.87 bits per heavy atom. The SMILES string of the molecule is Cc1nc(Nc2nc3ccccc3o2)ncc1C(=O)Nc1ccc2c(c1)OCCO2. The predicted octanol–water partition coefficient (Wildman–Crippen LogP) is 3.69. The molecule has 2 aromatic carbocycles. The first-order chi connectivity index (χ1) is 14.7. The van der Waals surface area contributed by atoms with Crippen LogP contribution in [-0.4, -0.2) is 34.1 Å². The number of carbonyl (C=O) groups excluding carboxylic acids is 1. The Balaban J connectivity index is 1.32. The van der Waals surface area contributed by atoms with Crippen molar-refractivity contribution >= 4 is 34.7 Å². The molecule has 0 aliphatic carbocycles. The van der Waals surface area contributed by atoms with Crippen LogP contribution in [0.5, 0.6) is 11.5 Å². The van der Waals surface area contributed by atoms with Gasteiger partial charge in [0.15, 0.2) is 17.1 Å². The summed E-state index contributed by atoms with van der Waals surface area (Å²) in [6.45, 7) is 2.72. The third-order valence-corrected chi connectivity index (χ3v) is 4.54. The number of benzene rings is 2. The fourth-order valence-electron chi connectivity index (χ4n) is 3.09. The number of nitrogens with one attached hydrogen (secondary N) is 2. The van der Waals surface area contributed by atoms with Crippen molar-refractivity contribution in [2.45, 2.75) is 6.92 Å². The minimum absolute atomic E-state index is 0.282. The van der Waals surface area contributed by atoms with Gasteiger partial charge in [0.1, 0.15) is 18.7 Å². The van der Waals surface area contributed by atoms with Gasteiger partial charge in [-0.15, -0.1) is 0 Å². The van der Waals surface area contributed by atoms with Crippen molar-refractivity contribution in [2.75, 3.05) is 23.8 Å². The molecule has 0 atom stereocenters. The van der Waals surface area contributed by atoms with Crippen LogP contribution in [0.1, 0.15) is 16.1 Å². The lowest BCUT2D eigenvalue weighted by atomic mass is 10.2. The van der Waals surface area contributed by atoms with Gasteiger partial charge < -0.3 is 19.2 Å². The number of anilines is 3. The summed E-state index contributed by atoms with van der Waals surface area (Å²) in [5, 5.41) is 5.75. The molecule has 3 heterocycles. The van der Waals surface area contributed by atoms with Crippen molar-refractivity contribution < 1.29 is 18.7 Å². The second-order valence-electron chi connectivity index (χ2n) is 6.62. The van der Waals surface area contributed by atoms with Crippen LogP contribution in [0.15, 0.2) is 53.1 Å². The zero-order chi connectivity index (χ0) is 20.5. The number of oxazole rings is 1. The molecule has 9 heteroatoms. The van der Waals surface area contributed by atoms with Crippen LogP contribution in [0.3, 0.4) is 0 Å². The van der Waals surface area contributed by atoms with Crippen LogP contribution < -0.4 is 20.1 Å². The van der Waals surface area contributed by atoms with Crippen molar-refractivity contribution in [3.8, 4) is 11.5 Å². The molecule has 2 aromatic heterocycles. The van der Waals surface area contributed by atoms with Gasteiger partial charge in [-0.2, -0.15) is 4.98 Å². The molecule has 0 radical (unpaired) electrons. The first-order valence-corrected chi connectivity index (χ1v) is 9.33. The highest BCUT2D eigenvalue weighted by atomic mass is 16.6. The summed E-state index contributed by atoms with van der Waals surface area (Å²) in [6.07, 6.45) is 1.46. The van der Waals surface area contributed by atoms with E-state index in [0.29, 0.717) is 47.2 Å². The minimum Gasteiger partial charge on any atom is -0.486 e. The van der Waals surface area contributed by atoms with Crippen molar-refractivity contribution in [3.05, 3.63) is 59.9 Å². The average molecular weight is 403 g/mol. The standard InChI is InChI=1S/C21H17N5O4/c1-12-14(19(27)24-13-6-7-17-18(10-13)29-9-8-28-17)11-22-20(23-12)26-21-25-15-4-2-3-5-16(15)30-21/h2-7,10-11H,8-9H2,1H3,(H,24,27)(H,22,23,25,26). The van der Waals surface area contributed by atoms with Gasteiger partial charge in [-0.3, -0.25) is 10.1 Å². The lowest BCUT2D eigenvalue weighted by molar-refractivity contribution is 0.102. The topological polar surface area (TPSA) is 111 Å². The normalized spacial score (nSPS) is 12.6. The van der Waals surface area contributed by atoms with Crippen LogP contribution in [-0.2, 0) is 0 Å². The summed E-state index contributed by atoms with van der Waals surface area (Å²) in [5.41, 5.74) is 2.85. The molecule has 1 amide bonds. The number of para-hydroxylation sites is 2. The summed E-state index contributed by atoms with van der Waals surface area (Å²) in [5.74, 6) is 1.23. The molecule has 0 saturated carbocycles. The van der Waals surface area contributed by atoms with Gasteiger partial charge in [-0.1, -0.05) is 12.1 Å². The Morgan fingerprint density at radius 1 is 1.03 bits per heavy atom. The van der Waals surface area contributed by atoms with Gasteiger partial charge in [0.05, 0.1) is 11.3 Å². The molecular weight excluding hydrogens is 386 g/mol. The summed E-state index contributed by atoms with van der Waals surface area (Å²) in [4.78, 5) is 25.6. The highest BCUT2D eigenvalue weighted by Gasteiger charge is 2.16. The van der Waals surface area contributed by atoms with Crippen LogP contribution >= 0.6 is 0 Å². The van der Waals surface area contributed by atoms with E-state index < -0.39 is 0 Å². The molecule has 5 rings (SSSR count). The molecule has 0 unspecified atom stereocenters. The Bertz CT molecular complexity index is 1220. The fraction of sp³-hybridized carbons (Fsp3) is 0.143. The predicted molar refractivity (Wildman–Crippen MR) is 109 cm³/mol. The lowest BCUT2D eigenvalue weighted by Gasteiger charge is -2.19. The van der Waals surface area contributed by atoms with E-state index in [0.717, 1.165) is 5.52 Å². The largest absolute Gasteiger partial charge is 0.486 e. The Morgan fingerprint density at radius 3 is 2.70 bits per heavy atom. The summed E-state index contributed by atoms with van der Waals surface area (Å²) >= 11 is 0. The molecule has 1 aliphatic rings. The smallest absolute Gasteiger partial charge is 0.302 e. The lowest BCUT2D eigenvalue weighted by Crippen LogP contribution is -2.17. The summed E-state index contributed by atoms with van der Waals surface area (Å²) in [6, 6.07) is 12.9. The maximum Gasteiger partial charge on any atom is 0.302 e. The number of amides is 1. The molecule has 4 aromatic rings. The first kappa shape index (κ1) is 17.9. The van der Waals surface area contributed by atoms with E-state index in [1.54, 1.807) is 25.1 Å². The van der Waals surface area contributed by atoms with E-state index in [2.05, 4.69) is 25.6 Å². The molecular formula is C21H17N5O4. The quantitative estimate of drug-likeness (QED) is 0.531. The Labute approximate surface area is 171 Å². The van der Waals surface area contributed by atoms with E-state index in [-0.39, 0.29) is 17.9 Å². The molecule has 0 spiro atoms. The van der Waals surface area contributed by atoms with Crippen molar-refractivity contribution in [3.63, 3.8) is 0 Å². The number of nitrogens with zero attached hydrogens (tertiary/aromatic N) is 3. The van der Waals surface area contributed by atoms with Crippen molar-refractivity contribution in [2.24, 2.45) is 0 Å². The third-order valence-electron chi connectivity index (χ3n) is 4.54. The third kappa shape index (κ3) is 3.48. The zero-order valence-corrected chi connectivity index (χ0v) is 16.0. The number of hydrogen-bond acceptors (Lipinski definition) is 8. The van der Waals surface area contributed by atoms with Crippen LogP contribution in [0.25, 0.3) is 11.1 Å². The van der Waals surface area contributed by atoms with Gasteiger partial charge in [0, 0.05) is 18.0 Å². The minimum atomic E-state index is -0.322. The highest BCUT2D eigenvalue weighted by molar-refractivity contribution is 6.05. The van der Waals surface area contributed by atoms with Crippen molar-refractivity contribution in [1.82, 2.24) is 15.0 Å².